The number of carbonyl (C=O) groups excluding carboxylic acids is 2. The van der Waals surface area contributed by atoms with Gasteiger partial charge < -0.3 is 24.7 Å². The second-order valence-corrected chi connectivity index (χ2v) is 8.92. The smallest absolute Gasteiger partial charge is 0.222 e. The van der Waals surface area contributed by atoms with Gasteiger partial charge in [0.25, 0.3) is 0 Å². The van der Waals surface area contributed by atoms with Crippen molar-refractivity contribution < 1.29 is 19.1 Å². The number of H-pyrrole nitrogens is 1. The molecule has 2 heterocycles. The summed E-state index contributed by atoms with van der Waals surface area (Å²) in [6, 6.07) is 1.89. The molecule has 0 bridgehead atoms. The molecule has 0 radical (unpaired) electrons. The third kappa shape index (κ3) is 5.22. The van der Waals surface area contributed by atoms with Crippen molar-refractivity contribution in [2.45, 2.75) is 32.1 Å². The minimum atomic E-state index is -0.0269. The van der Waals surface area contributed by atoms with Crippen molar-refractivity contribution in [2.75, 3.05) is 39.7 Å². The lowest BCUT2D eigenvalue weighted by molar-refractivity contribution is -0.129. The van der Waals surface area contributed by atoms with Crippen LogP contribution in [-0.2, 0) is 16.0 Å². The van der Waals surface area contributed by atoms with Crippen LogP contribution in [0.15, 0.2) is 42.4 Å². The number of aromatic amines is 1. The number of nitrogens with one attached hydrogen (secondary N) is 2. The molecule has 34 heavy (non-hydrogen) atoms. The number of anilines is 1. The number of hydrogen-bond acceptors (Lipinski definition) is 6. The summed E-state index contributed by atoms with van der Waals surface area (Å²) < 4.78 is 11.1. The Morgan fingerprint density at radius 1 is 1.29 bits per heavy atom. The van der Waals surface area contributed by atoms with E-state index >= 15 is 0 Å². The van der Waals surface area contributed by atoms with Gasteiger partial charge in [0.2, 0.25) is 5.91 Å². The molecule has 2 aromatic rings. The van der Waals surface area contributed by atoms with Gasteiger partial charge in [0.05, 0.1) is 29.7 Å². The van der Waals surface area contributed by atoms with Gasteiger partial charge in [0, 0.05) is 57.2 Å². The van der Waals surface area contributed by atoms with E-state index in [1.165, 1.54) is 0 Å². The Morgan fingerprint density at radius 3 is 2.88 bits per heavy atom. The van der Waals surface area contributed by atoms with Crippen LogP contribution >= 0.6 is 0 Å². The molecule has 2 aromatic heterocycles. The predicted molar refractivity (Wildman–Crippen MR) is 131 cm³/mol. The van der Waals surface area contributed by atoms with Crippen LogP contribution in [0.5, 0.6) is 5.75 Å². The van der Waals surface area contributed by atoms with Crippen molar-refractivity contribution in [3.05, 3.63) is 53.6 Å². The van der Waals surface area contributed by atoms with Crippen LogP contribution in [0.4, 0.5) is 5.69 Å². The van der Waals surface area contributed by atoms with E-state index < -0.39 is 0 Å². The van der Waals surface area contributed by atoms with E-state index in [4.69, 9.17) is 9.47 Å². The number of carbonyl (C=O) groups is 2. The zero-order chi connectivity index (χ0) is 24.1. The quantitative estimate of drug-likeness (QED) is 0.545. The lowest BCUT2D eigenvalue weighted by Gasteiger charge is -2.23. The van der Waals surface area contributed by atoms with Gasteiger partial charge in [0.15, 0.2) is 5.78 Å². The number of methoxy groups -OCH3 is 1. The maximum atomic E-state index is 13.4. The molecule has 2 N–H and O–H groups in total. The number of ketones is 1. The van der Waals surface area contributed by atoms with Gasteiger partial charge in [-0.1, -0.05) is 12.2 Å². The second kappa shape index (κ2) is 10.7. The van der Waals surface area contributed by atoms with Gasteiger partial charge in [0.1, 0.15) is 12.4 Å². The lowest BCUT2D eigenvalue weighted by atomic mass is 9.84. The molecule has 0 fully saturated rings. The summed E-state index contributed by atoms with van der Waals surface area (Å²) in [7, 11) is 5.12. The number of rotatable bonds is 9. The Labute approximate surface area is 200 Å². The maximum absolute atomic E-state index is 13.4. The molecule has 1 atom stereocenters. The highest BCUT2D eigenvalue weighted by atomic mass is 16.5. The minimum absolute atomic E-state index is 0.0269. The Balaban J connectivity index is 1.74. The number of Topliss-reactive ketones (excluding diaryl/α,β-unsaturated/α-hetero) is 1. The monoisotopic (exact) mass is 464 g/mol. The molecule has 0 saturated carbocycles. The van der Waals surface area contributed by atoms with Gasteiger partial charge in [-0.15, -0.1) is 0 Å². The van der Waals surface area contributed by atoms with E-state index in [2.05, 4.69) is 21.4 Å². The van der Waals surface area contributed by atoms with Crippen molar-refractivity contribution >= 4 is 17.4 Å². The van der Waals surface area contributed by atoms with E-state index in [0.29, 0.717) is 43.8 Å². The molecular weight excluding hydrogens is 432 g/mol. The van der Waals surface area contributed by atoms with Crippen LogP contribution in [-0.4, -0.2) is 61.0 Å². The minimum Gasteiger partial charge on any atom is -0.489 e. The molecule has 4 rings (SSSR count). The van der Waals surface area contributed by atoms with Crippen molar-refractivity contribution in [1.29, 1.82) is 0 Å². The van der Waals surface area contributed by atoms with Crippen LogP contribution in [0, 0.1) is 5.92 Å². The molecule has 180 valence electrons. The topological polar surface area (TPSA) is 96.5 Å². The summed E-state index contributed by atoms with van der Waals surface area (Å²) in [4.78, 5) is 35.0. The summed E-state index contributed by atoms with van der Waals surface area (Å²) in [6.07, 6.45) is 12.8. The summed E-state index contributed by atoms with van der Waals surface area (Å²) in [6.45, 7) is 0.849. The fraction of sp³-hybridized carbons (Fsp3) is 0.423. The van der Waals surface area contributed by atoms with Crippen LogP contribution in [0.25, 0.3) is 11.3 Å². The second-order valence-electron chi connectivity index (χ2n) is 8.92. The normalized spacial score (nSPS) is 17.2. The van der Waals surface area contributed by atoms with Crippen molar-refractivity contribution in [2.24, 2.45) is 5.92 Å². The highest BCUT2D eigenvalue weighted by molar-refractivity contribution is 6.07. The molecule has 0 spiro atoms. The van der Waals surface area contributed by atoms with Gasteiger partial charge in [-0.25, -0.2) is 0 Å². The van der Waals surface area contributed by atoms with E-state index in [9.17, 15) is 9.59 Å². The van der Waals surface area contributed by atoms with Crippen LogP contribution in [0.2, 0.25) is 0 Å². The zero-order valence-electron chi connectivity index (χ0n) is 20.0. The molecule has 1 amide bonds. The predicted octanol–water partition coefficient (Wildman–Crippen LogP) is 3.97. The molecule has 8 nitrogen and oxygen atoms in total. The van der Waals surface area contributed by atoms with Gasteiger partial charge in [-0.3, -0.25) is 14.6 Å². The Kier molecular flexibility index (Phi) is 7.47. The molecule has 2 aliphatic carbocycles. The maximum Gasteiger partial charge on any atom is 0.222 e. The Bertz CT molecular complexity index is 1120. The van der Waals surface area contributed by atoms with E-state index in [1.54, 1.807) is 38.5 Å². The van der Waals surface area contributed by atoms with Gasteiger partial charge >= 0.3 is 0 Å². The zero-order valence-corrected chi connectivity index (χ0v) is 20.0. The van der Waals surface area contributed by atoms with Gasteiger partial charge in [-0.05, 0) is 37.3 Å². The Hall–Kier alpha value is -3.39. The molecule has 8 heteroatoms. The number of fused-ring (bicyclic) bond motifs is 1. The summed E-state index contributed by atoms with van der Waals surface area (Å²) in [5, 5.41) is 3.54. The molecular formula is C26H32N4O4. The first-order valence-corrected chi connectivity index (χ1v) is 11.6. The van der Waals surface area contributed by atoms with Gasteiger partial charge in [-0.2, -0.15) is 0 Å². The lowest BCUT2D eigenvalue weighted by Crippen LogP contribution is -2.28. The summed E-state index contributed by atoms with van der Waals surface area (Å²) in [5.41, 5.74) is 4.98. The fourth-order valence-electron chi connectivity index (χ4n) is 4.44. The third-order valence-corrected chi connectivity index (χ3v) is 6.18. The first kappa shape index (κ1) is 23.8. The van der Waals surface area contributed by atoms with E-state index in [-0.39, 0.29) is 17.6 Å². The molecule has 1 unspecified atom stereocenters. The largest absolute Gasteiger partial charge is 0.489 e. The number of aromatic nitrogens is 2. The molecule has 2 aliphatic rings. The average Bonchev–Trinajstić information content (AvgIpc) is 3.18. The van der Waals surface area contributed by atoms with Crippen LogP contribution in [0.3, 0.4) is 0 Å². The van der Waals surface area contributed by atoms with Crippen molar-refractivity contribution in [3.8, 4) is 17.0 Å². The SMILES string of the molecule is COCCOc1cnccc1-c1[nH]c2c(c1NC1=CC=CCC1)C(=O)CC(CC(=O)N(C)C)C2. The number of pyridine rings is 1. The van der Waals surface area contributed by atoms with Crippen LogP contribution < -0.4 is 10.1 Å². The third-order valence-electron chi connectivity index (χ3n) is 6.18. The first-order valence-electron chi connectivity index (χ1n) is 11.6. The standard InChI is InChI=1S/C26H32N4O4/c1-30(2)23(32)15-17-13-20-24(21(31)14-17)26(28-18-7-5-4-6-8-18)25(29-20)19-9-10-27-16-22(19)34-12-11-33-3/h4-5,7,9-10,16-17,28-29H,6,8,11-15H2,1-3H3. The van der Waals surface area contributed by atoms with E-state index in [0.717, 1.165) is 41.2 Å². The number of ether oxygens (including phenoxy) is 2. The number of amides is 1. The molecule has 0 saturated heterocycles. The van der Waals surface area contributed by atoms with Crippen molar-refractivity contribution in [3.63, 3.8) is 0 Å². The first-order chi connectivity index (χ1) is 16.5. The number of allylic oxidation sites excluding steroid dienone is 4. The number of hydrogen-bond donors (Lipinski definition) is 2. The molecule has 0 aromatic carbocycles. The summed E-state index contributed by atoms with van der Waals surface area (Å²) >= 11 is 0. The van der Waals surface area contributed by atoms with Crippen molar-refractivity contribution in [1.82, 2.24) is 14.9 Å². The van der Waals surface area contributed by atoms with E-state index in [1.807, 2.05) is 18.2 Å². The Morgan fingerprint density at radius 2 is 2.15 bits per heavy atom. The number of nitrogens with zero attached hydrogens (tertiary/aromatic N) is 2. The summed E-state index contributed by atoms with van der Waals surface area (Å²) in [5.74, 6) is 0.672. The average molecular weight is 465 g/mol. The highest BCUT2D eigenvalue weighted by Crippen LogP contribution is 2.42. The molecule has 0 aliphatic heterocycles. The van der Waals surface area contributed by atoms with Crippen LogP contribution in [0.1, 0.15) is 41.7 Å². The fourth-order valence-corrected chi connectivity index (χ4v) is 4.44. The highest BCUT2D eigenvalue weighted by Gasteiger charge is 2.33.